The Kier molecular flexibility index (Phi) is 4.32. The lowest BCUT2D eigenvalue weighted by molar-refractivity contribution is -0.181. The Morgan fingerprint density at radius 3 is 2.57 bits per heavy atom. The molecule has 2 saturated heterocycles. The topological polar surface area (TPSA) is 74.4 Å². The lowest BCUT2D eigenvalue weighted by Gasteiger charge is -2.52. The van der Waals surface area contributed by atoms with E-state index >= 15 is 0 Å². The molecule has 142 valence electrons. The zero-order valence-electron chi connectivity index (χ0n) is 14.9. The van der Waals surface area contributed by atoms with E-state index < -0.39 is 11.4 Å². The van der Waals surface area contributed by atoms with Crippen LogP contribution in [0.3, 0.4) is 0 Å². The molecule has 0 saturated carbocycles. The van der Waals surface area contributed by atoms with E-state index in [1.807, 2.05) is 34.6 Å². The highest BCUT2D eigenvalue weighted by Crippen LogP contribution is 2.38. The number of morpholine rings is 1. The van der Waals surface area contributed by atoms with E-state index in [0.29, 0.717) is 40.6 Å². The molecule has 2 aliphatic rings. The summed E-state index contributed by atoms with van der Waals surface area (Å²) in [6.07, 6.45) is 1.76. The molecule has 0 aliphatic carbocycles. The normalized spacial score (nSPS) is 22.1. The Hall–Kier alpha value is -2.45. The largest absolute Gasteiger partial charge is 0.593 e. The molecule has 3 atom stereocenters. The van der Waals surface area contributed by atoms with Crippen LogP contribution in [-0.2, 0) is 16.1 Å². The second-order valence-corrected chi connectivity index (χ2v) is 8.36. The molecule has 3 heterocycles. The van der Waals surface area contributed by atoms with Crippen LogP contribution in [-0.4, -0.2) is 39.1 Å². The first-order valence-corrected chi connectivity index (χ1v) is 10.1. The summed E-state index contributed by atoms with van der Waals surface area (Å²) < 4.78 is 35.3. The lowest BCUT2D eigenvalue weighted by atomic mass is 9.99. The van der Waals surface area contributed by atoms with E-state index in [1.54, 1.807) is 24.4 Å². The molecule has 2 fully saturated rings. The van der Waals surface area contributed by atoms with Crippen molar-refractivity contribution < 1.29 is 13.7 Å². The zero-order chi connectivity index (χ0) is 19.3. The van der Waals surface area contributed by atoms with Gasteiger partial charge in [-0.1, -0.05) is 24.3 Å². The molecule has 2 aliphatic heterocycles. The molecule has 28 heavy (non-hydrogen) atoms. The van der Waals surface area contributed by atoms with Gasteiger partial charge in [0, 0.05) is 22.9 Å². The SMILES string of the molecule is Nc1ccc(-c2ccc(-c3ccccc3[S+]([O-])N3CC4OCC43)cc2F)cn1. The number of fused-ring (bicyclic) bond motifs is 1. The molecule has 3 aromatic rings. The number of hydrogen-bond donors (Lipinski definition) is 1. The Labute approximate surface area is 165 Å². The van der Waals surface area contributed by atoms with Crippen LogP contribution in [0.1, 0.15) is 0 Å². The van der Waals surface area contributed by atoms with Crippen molar-refractivity contribution in [2.24, 2.45) is 0 Å². The second kappa shape index (κ2) is 6.86. The number of pyridine rings is 1. The van der Waals surface area contributed by atoms with Crippen molar-refractivity contribution in [2.45, 2.75) is 17.0 Å². The van der Waals surface area contributed by atoms with Crippen molar-refractivity contribution in [2.75, 3.05) is 18.9 Å². The average Bonchev–Trinajstić information content (AvgIpc) is 2.70. The third-order valence-electron chi connectivity index (χ3n) is 5.31. The maximum atomic E-state index is 14.9. The minimum Gasteiger partial charge on any atom is -0.593 e. The predicted molar refractivity (Wildman–Crippen MR) is 106 cm³/mol. The number of rotatable bonds is 4. The predicted octanol–water partition coefficient (Wildman–Crippen LogP) is 3.24. The van der Waals surface area contributed by atoms with E-state index in [0.717, 1.165) is 5.56 Å². The first kappa shape index (κ1) is 17.6. The van der Waals surface area contributed by atoms with Crippen LogP contribution >= 0.6 is 0 Å². The third kappa shape index (κ3) is 2.87. The van der Waals surface area contributed by atoms with Gasteiger partial charge in [-0.15, -0.1) is 4.31 Å². The van der Waals surface area contributed by atoms with Gasteiger partial charge in [0.1, 0.15) is 17.7 Å². The first-order valence-electron chi connectivity index (χ1n) is 9.03. The minimum absolute atomic E-state index is 0.210. The van der Waals surface area contributed by atoms with Crippen molar-refractivity contribution >= 4 is 17.2 Å². The monoisotopic (exact) mass is 395 g/mol. The Balaban J connectivity index is 1.48. The Bertz CT molecular complexity index is 1030. The van der Waals surface area contributed by atoms with Gasteiger partial charge in [0.15, 0.2) is 4.90 Å². The van der Waals surface area contributed by atoms with E-state index in [1.165, 1.54) is 6.07 Å². The molecule has 2 aromatic carbocycles. The van der Waals surface area contributed by atoms with Gasteiger partial charge in [0.25, 0.3) is 0 Å². The molecule has 0 bridgehead atoms. The molecule has 0 radical (unpaired) electrons. The van der Waals surface area contributed by atoms with Crippen LogP contribution in [0.5, 0.6) is 0 Å². The van der Waals surface area contributed by atoms with E-state index in [2.05, 4.69) is 4.98 Å². The van der Waals surface area contributed by atoms with Gasteiger partial charge in [-0.05, 0) is 35.9 Å². The summed E-state index contributed by atoms with van der Waals surface area (Å²) in [7, 11) is 0. The van der Waals surface area contributed by atoms with Crippen LogP contribution in [0.25, 0.3) is 22.3 Å². The number of nitrogens with zero attached hydrogens (tertiary/aromatic N) is 2. The van der Waals surface area contributed by atoms with Gasteiger partial charge < -0.3 is 15.0 Å². The molecule has 0 amide bonds. The summed E-state index contributed by atoms with van der Waals surface area (Å²) >= 11 is -1.30. The summed E-state index contributed by atoms with van der Waals surface area (Å²) in [5, 5.41) is 0. The van der Waals surface area contributed by atoms with Gasteiger partial charge in [-0.3, -0.25) is 0 Å². The van der Waals surface area contributed by atoms with Crippen LogP contribution in [0.15, 0.2) is 65.7 Å². The smallest absolute Gasteiger partial charge is 0.181 e. The van der Waals surface area contributed by atoms with Crippen LogP contribution in [0.4, 0.5) is 10.2 Å². The number of ether oxygens (including phenoxy) is 1. The molecule has 1 aromatic heterocycles. The fourth-order valence-corrected chi connectivity index (χ4v) is 5.14. The standard InChI is InChI=1S/C21H18FN3O2S/c22-17-9-13(5-7-15(17)14-6-8-21(23)24-10-14)16-3-1-2-4-20(16)28(26)25-11-19-18(25)12-27-19/h1-10,18-19H,11-12H2,(H2,23,24). The Morgan fingerprint density at radius 1 is 1.11 bits per heavy atom. The first-order chi connectivity index (χ1) is 13.6. The molecule has 7 heteroatoms. The molecule has 5 nitrogen and oxygen atoms in total. The molecule has 5 rings (SSSR count). The summed E-state index contributed by atoms with van der Waals surface area (Å²) in [6.45, 7) is 1.29. The van der Waals surface area contributed by atoms with Gasteiger partial charge in [-0.2, -0.15) is 0 Å². The van der Waals surface area contributed by atoms with Crippen molar-refractivity contribution in [1.82, 2.24) is 9.29 Å². The summed E-state index contributed by atoms with van der Waals surface area (Å²) in [5.74, 6) is 0.0309. The fraction of sp³-hybridized carbons (Fsp3) is 0.190. The second-order valence-electron chi connectivity index (χ2n) is 6.95. The maximum Gasteiger partial charge on any atom is 0.181 e. The minimum atomic E-state index is -1.30. The van der Waals surface area contributed by atoms with Crippen molar-refractivity contribution in [3.05, 3.63) is 66.6 Å². The Morgan fingerprint density at radius 2 is 1.93 bits per heavy atom. The van der Waals surface area contributed by atoms with Crippen LogP contribution in [0.2, 0.25) is 0 Å². The fourth-order valence-electron chi connectivity index (χ4n) is 3.59. The summed E-state index contributed by atoms with van der Waals surface area (Å²) in [4.78, 5) is 4.71. The zero-order valence-corrected chi connectivity index (χ0v) is 15.7. The van der Waals surface area contributed by atoms with Gasteiger partial charge >= 0.3 is 0 Å². The highest BCUT2D eigenvalue weighted by molar-refractivity contribution is 7.89. The number of nitrogen functional groups attached to an aromatic ring is 1. The van der Waals surface area contributed by atoms with E-state index in [9.17, 15) is 8.94 Å². The van der Waals surface area contributed by atoms with E-state index in [-0.39, 0.29) is 18.0 Å². The number of aromatic nitrogens is 1. The quantitative estimate of drug-likeness (QED) is 0.687. The van der Waals surface area contributed by atoms with Gasteiger partial charge in [0.2, 0.25) is 0 Å². The number of nitrogens with two attached hydrogens (primary N) is 1. The molecule has 2 N–H and O–H groups in total. The third-order valence-corrected chi connectivity index (χ3v) is 6.88. The molecular weight excluding hydrogens is 377 g/mol. The van der Waals surface area contributed by atoms with Gasteiger partial charge in [0.05, 0.1) is 30.6 Å². The number of benzene rings is 2. The molecule has 0 spiro atoms. The van der Waals surface area contributed by atoms with Crippen LogP contribution < -0.4 is 5.73 Å². The number of halogens is 1. The summed E-state index contributed by atoms with van der Waals surface area (Å²) in [6, 6.07) is 16.1. The van der Waals surface area contributed by atoms with Crippen molar-refractivity contribution in [3.63, 3.8) is 0 Å². The van der Waals surface area contributed by atoms with Crippen LogP contribution in [0, 0.1) is 5.82 Å². The lowest BCUT2D eigenvalue weighted by Crippen LogP contribution is -2.71. The number of anilines is 1. The van der Waals surface area contributed by atoms with Crippen molar-refractivity contribution in [3.8, 4) is 22.3 Å². The highest BCUT2D eigenvalue weighted by atomic mass is 32.2. The average molecular weight is 395 g/mol. The maximum absolute atomic E-state index is 14.9. The highest BCUT2D eigenvalue weighted by Gasteiger charge is 2.54. The number of hydrogen-bond acceptors (Lipinski definition) is 5. The van der Waals surface area contributed by atoms with Crippen molar-refractivity contribution in [1.29, 1.82) is 0 Å². The summed E-state index contributed by atoms with van der Waals surface area (Å²) in [5.41, 5.74) is 8.17. The van der Waals surface area contributed by atoms with Gasteiger partial charge in [-0.25, -0.2) is 9.37 Å². The molecular formula is C21H18FN3O2S. The molecule has 3 unspecified atom stereocenters. The van der Waals surface area contributed by atoms with E-state index in [4.69, 9.17) is 10.5 Å².